The maximum atomic E-state index is 13.7. The van der Waals surface area contributed by atoms with Crippen LogP contribution in [0, 0.1) is 0 Å². The summed E-state index contributed by atoms with van der Waals surface area (Å²) in [7, 11) is 1.18. The van der Waals surface area contributed by atoms with Crippen molar-refractivity contribution in [2.75, 3.05) is 28.7 Å². The molecule has 3 aromatic heterocycles. The zero-order valence-corrected chi connectivity index (χ0v) is 19.6. The summed E-state index contributed by atoms with van der Waals surface area (Å²) in [5.41, 5.74) is 0.390. The first-order valence-corrected chi connectivity index (χ1v) is 11.3. The number of likely N-dealkylation sites (N-methyl/N-ethyl adjacent to an activating group) is 1. The molecule has 2 aliphatic heterocycles. The van der Waals surface area contributed by atoms with Gasteiger partial charge in [-0.1, -0.05) is 6.07 Å². The second kappa shape index (κ2) is 9.29. The molecule has 0 bridgehead atoms. The molecule has 0 saturated carbocycles. The minimum Gasteiger partial charge on any atom is -0.437 e. The summed E-state index contributed by atoms with van der Waals surface area (Å²) in [4.78, 5) is 30.7. The Bertz CT molecular complexity index is 1350. The van der Waals surface area contributed by atoms with Crippen molar-refractivity contribution in [3.05, 3.63) is 53.6 Å². The number of nitrogens with one attached hydrogen (secondary N) is 1. The number of nitrogens with zero attached hydrogens (tertiary/aromatic N) is 6. The standard InChI is InChI=1S/C23H19F6N7O2/c1-35-18(23(27,28)29)20(37)36-8-2-3-14-17(36)19(35)34-21(33-14)32-10-12-4-7-16(31-9-12)38-13-5-6-15(30-11-13)22(24,25)26/h4-7,9,11,18H,2-3,8,10H2,1H3,(H,32,33,34)/t18-/m0/s1. The molecule has 9 nitrogen and oxygen atoms in total. The van der Waals surface area contributed by atoms with Crippen molar-refractivity contribution in [2.24, 2.45) is 0 Å². The Morgan fingerprint density at radius 1 is 1.05 bits per heavy atom. The lowest BCUT2D eigenvalue weighted by Crippen LogP contribution is -2.60. The van der Waals surface area contributed by atoms with Crippen molar-refractivity contribution in [1.82, 2.24) is 19.9 Å². The van der Waals surface area contributed by atoms with Gasteiger partial charge in [0.1, 0.15) is 17.1 Å². The number of ether oxygens (including phenoxy) is 1. The summed E-state index contributed by atoms with van der Waals surface area (Å²) in [6.07, 6.45) is -5.98. The largest absolute Gasteiger partial charge is 0.437 e. The molecular formula is C23H19F6N7O2. The van der Waals surface area contributed by atoms with Crippen LogP contribution in [-0.4, -0.2) is 51.7 Å². The van der Waals surface area contributed by atoms with E-state index in [1.54, 1.807) is 6.07 Å². The molecule has 38 heavy (non-hydrogen) atoms. The molecule has 0 radical (unpaired) electrons. The molecule has 0 spiro atoms. The van der Waals surface area contributed by atoms with Gasteiger partial charge in [0.15, 0.2) is 5.82 Å². The molecule has 0 aromatic carbocycles. The maximum absolute atomic E-state index is 13.7. The molecule has 0 fully saturated rings. The quantitative estimate of drug-likeness (QED) is 0.479. The number of aryl methyl sites for hydroxylation is 1. The first-order valence-electron chi connectivity index (χ1n) is 11.3. The van der Waals surface area contributed by atoms with E-state index in [1.807, 2.05) is 0 Å². The summed E-state index contributed by atoms with van der Waals surface area (Å²) in [6, 6.07) is 2.73. The average Bonchev–Trinajstić information content (AvgIpc) is 2.85. The van der Waals surface area contributed by atoms with Gasteiger partial charge in [0.25, 0.3) is 5.91 Å². The zero-order valence-electron chi connectivity index (χ0n) is 19.6. The fraction of sp³-hybridized carbons (Fsp3) is 0.348. The van der Waals surface area contributed by atoms with Crippen molar-refractivity contribution < 1.29 is 35.9 Å². The highest BCUT2D eigenvalue weighted by Crippen LogP contribution is 2.43. The highest BCUT2D eigenvalue weighted by atomic mass is 19.4. The summed E-state index contributed by atoms with van der Waals surface area (Å²) in [5.74, 6) is -0.737. The summed E-state index contributed by atoms with van der Waals surface area (Å²) >= 11 is 0. The van der Waals surface area contributed by atoms with E-state index < -0.39 is 30.0 Å². The van der Waals surface area contributed by atoms with Crippen LogP contribution in [0.3, 0.4) is 0 Å². The molecule has 0 saturated heterocycles. The molecule has 15 heteroatoms. The van der Waals surface area contributed by atoms with Crippen LogP contribution in [0.1, 0.15) is 23.4 Å². The van der Waals surface area contributed by atoms with Crippen LogP contribution < -0.4 is 19.9 Å². The van der Waals surface area contributed by atoms with Crippen LogP contribution in [0.2, 0.25) is 0 Å². The van der Waals surface area contributed by atoms with Gasteiger partial charge in [0.2, 0.25) is 17.9 Å². The predicted octanol–water partition coefficient (Wildman–Crippen LogP) is 4.35. The number of amides is 1. The lowest BCUT2D eigenvalue weighted by atomic mass is 10.0. The number of carbonyl (C=O) groups is 1. The third kappa shape index (κ3) is 4.87. The molecule has 5 rings (SSSR count). The molecule has 200 valence electrons. The van der Waals surface area contributed by atoms with E-state index in [2.05, 4.69) is 25.3 Å². The van der Waals surface area contributed by atoms with Gasteiger partial charge in [-0.15, -0.1) is 0 Å². The number of hydrogen-bond acceptors (Lipinski definition) is 8. The average molecular weight is 539 g/mol. The molecule has 0 unspecified atom stereocenters. The first kappa shape index (κ1) is 25.5. The SMILES string of the molecule is CN1c2nc(NCc3ccc(Oc4ccc(C(F)(F)F)nc4)nc3)nc3c2N(CCC3)C(=O)[C@H]1C(F)(F)F. The smallest absolute Gasteiger partial charge is 0.433 e. The maximum Gasteiger partial charge on any atom is 0.433 e. The topological polar surface area (TPSA) is 96.4 Å². The second-order valence-corrected chi connectivity index (χ2v) is 8.65. The summed E-state index contributed by atoms with van der Waals surface area (Å²) in [5, 5.41) is 2.97. The monoisotopic (exact) mass is 539 g/mol. The van der Waals surface area contributed by atoms with Gasteiger partial charge in [0.05, 0.1) is 11.9 Å². The van der Waals surface area contributed by atoms with Gasteiger partial charge < -0.3 is 19.9 Å². The van der Waals surface area contributed by atoms with E-state index in [1.165, 1.54) is 19.3 Å². The Kier molecular flexibility index (Phi) is 6.23. The van der Waals surface area contributed by atoms with Crippen LogP contribution in [0.4, 0.5) is 43.8 Å². The third-order valence-electron chi connectivity index (χ3n) is 6.03. The molecular weight excluding hydrogens is 520 g/mol. The van der Waals surface area contributed by atoms with Crippen LogP contribution >= 0.6 is 0 Å². The van der Waals surface area contributed by atoms with Crippen LogP contribution in [-0.2, 0) is 23.9 Å². The highest BCUT2D eigenvalue weighted by Gasteiger charge is 2.54. The van der Waals surface area contributed by atoms with E-state index in [9.17, 15) is 31.1 Å². The second-order valence-electron chi connectivity index (χ2n) is 8.65. The van der Waals surface area contributed by atoms with E-state index in [4.69, 9.17) is 4.74 Å². The zero-order chi connectivity index (χ0) is 27.2. The number of alkyl halides is 6. The van der Waals surface area contributed by atoms with Crippen molar-refractivity contribution in [2.45, 2.75) is 37.8 Å². The van der Waals surface area contributed by atoms with Crippen LogP contribution in [0.5, 0.6) is 11.6 Å². The Morgan fingerprint density at radius 2 is 1.84 bits per heavy atom. The molecule has 1 amide bonds. The lowest BCUT2D eigenvalue weighted by Gasteiger charge is -2.43. The minimum atomic E-state index is -4.77. The van der Waals surface area contributed by atoms with Crippen molar-refractivity contribution in [1.29, 1.82) is 0 Å². The van der Waals surface area contributed by atoms with Crippen molar-refractivity contribution >= 4 is 23.4 Å². The number of carbonyl (C=O) groups excluding carboxylic acids is 1. The molecule has 0 aliphatic carbocycles. The Morgan fingerprint density at radius 3 is 2.47 bits per heavy atom. The fourth-order valence-corrected chi connectivity index (χ4v) is 4.28. The van der Waals surface area contributed by atoms with E-state index in [-0.39, 0.29) is 36.5 Å². The molecule has 3 aromatic rings. The first-order chi connectivity index (χ1) is 17.9. The lowest BCUT2D eigenvalue weighted by molar-refractivity contribution is -0.162. The molecule has 1 N–H and O–H groups in total. The van der Waals surface area contributed by atoms with Gasteiger partial charge in [-0.2, -0.15) is 31.3 Å². The Hall–Kier alpha value is -4.17. The predicted molar refractivity (Wildman–Crippen MR) is 122 cm³/mol. The van der Waals surface area contributed by atoms with Gasteiger partial charge >= 0.3 is 12.4 Å². The fourth-order valence-electron chi connectivity index (χ4n) is 4.28. The number of rotatable bonds is 5. The number of halogens is 6. The Balaban J connectivity index is 1.29. The normalized spacial score (nSPS) is 17.3. The van der Waals surface area contributed by atoms with Crippen molar-refractivity contribution in [3.8, 4) is 11.6 Å². The van der Waals surface area contributed by atoms with Crippen molar-refractivity contribution in [3.63, 3.8) is 0 Å². The molecule has 5 heterocycles. The minimum absolute atomic E-state index is 0.0196. The van der Waals surface area contributed by atoms with Gasteiger partial charge in [-0.25, -0.2) is 15.0 Å². The highest BCUT2D eigenvalue weighted by molar-refractivity contribution is 6.06. The molecule has 2 aliphatic rings. The molecule has 1 atom stereocenters. The third-order valence-corrected chi connectivity index (χ3v) is 6.03. The van der Waals surface area contributed by atoms with Gasteiger partial charge in [-0.3, -0.25) is 4.79 Å². The van der Waals surface area contributed by atoms with E-state index in [0.717, 1.165) is 28.1 Å². The van der Waals surface area contributed by atoms with E-state index in [0.29, 0.717) is 29.8 Å². The number of anilines is 3. The van der Waals surface area contributed by atoms with Crippen LogP contribution in [0.15, 0.2) is 36.7 Å². The van der Waals surface area contributed by atoms with Gasteiger partial charge in [-0.05, 0) is 30.5 Å². The summed E-state index contributed by atoms with van der Waals surface area (Å²) in [6.45, 7) is 0.334. The number of pyridine rings is 2. The van der Waals surface area contributed by atoms with Crippen LogP contribution in [0.25, 0.3) is 0 Å². The number of hydrogen-bond donors (Lipinski definition) is 1. The van der Waals surface area contributed by atoms with E-state index >= 15 is 0 Å². The number of aromatic nitrogens is 4. The Labute approximate surface area is 211 Å². The van der Waals surface area contributed by atoms with Gasteiger partial charge in [0, 0.05) is 32.4 Å². The summed E-state index contributed by atoms with van der Waals surface area (Å²) < 4.78 is 84.3.